The third-order valence-corrected chi connectivity index (χ3v) is 2.89. The van der Waals surface area contributed by atoms with Crippen LogP contribution in [0.2, 0.25) is 0 Å². The molecule has 6 nitrogen and oxygen atoms in total. The molecule has 0 fully saturated rings. The maximum atomic E-state index is 10.8. The van der Waals surface area contributed by atoms with Crippen LogP contribution in [0.1, 0.15) is 13.3 Å². The summed E-state index contributed by atoms with van der Waals surface area (Å²) < 4.78 is 14.5. The maximum Gasteiger partial charge on any atom is 0.358 e. The second kappa shape index (κ2) is 3.82. The Balaban J connectivity index is 4.50. The van der Waals surface area contributed by atoms with Gasteiger partial charge >= 0.3 is 13.6 Å². The van der Waals surface area contributed by atoms with Gasteiger partial charge in [-0.05, 0) is 6.42 Å². The van der Waals surface area contributed by atoms with Gasteiger partial charge in [0.05, 0.1) is 0 Å². The maximum absolute atomic E-state index is 10.8. The normalized spacial score (nSPS) is 18.8. The van der Waals surface area contributed by atoms with Gasteiger partial charge in [0, 0.05) is 0 Å². The summed E-state index contributed by atoms with van der Waals surface area (Å²) in [5.74, 6) is 3.06. The van der Waals surface area contributed by atoms with Gasteiger partial charge in [0.25, 0.3) is 0 Å². The lowest BCUT2D eigenvalue weighted by molar-refractivity contribution is -0.137. The van der Waals surface area contributed by atoms with Gasteiger partial charge in [0.1, 0.15) is 0 Å². The number of aliphatic carboxylic acids is 1. The van der Waals surface area contributed by atoms with E-state index in [1.54, 1.807) is 0 Å². The topological polar surface area (TPSA) is 110 Å². The van der Waals surface area contributed by atoms with Crippen LogP contribution in [0.3, 0.4) is 0 Å². The highest BCUT2D eigenvalue weighted by Crippen LogP contribution is 2.46. The third kappa shape index (κ3) is 2.59. The Kier molecular flexibility index (Phi) is 3.68. The number of carbonyl (C=O) groups is 1. The largest absolute Gasteiger partial charge is 0.481 e. The fourth-order valence-electron chi connectivity index (χ4n) is 0.618. The second-order valence-corrected chi connectivity index (χ2v) is 3.89. The van der Waals surface area contributed by atoms with E-state index >= 15 is 0 Å². The van der Waals surface area contributed by atoms with Crippen LogP contribution in [0.25, 0.3) is 0 Å². The molecule has 2 unspecified atom stereocenters. The third-order valence-electron chi connectivity index (χ3n) is 1.22. The Morgan fingerprint density at radius 1 is 1.82 bits per heavy atom. The van der Waals surface area contributed by atoms with Crippen molar-refractivity contribution < 1.29 is 24.0 Å². The molecular formula is C4H10NO5P. The van der Waals surface area contributed by atoms with Crippen molar-refractivity contribution in [3.8, 4) is 0 Å². The lowest BCUT2D eigenvalue weighted by Crippen LogP contribution is -2.21. The van der Waals surface area contributed by atoms with Crippen LogP contribution >= 0.6 is 7.60 Å². The molecule has 66 valence electrons. The average Bonchev–Trinajstić information content (AvgIpc) is 1.88. The first-order valence-corrected chi connectivity index (χ1v) is 4.54. The van der Waals surface area contributed by atoms with Crippen molar-refractivity contribution in [2.75, 3.05) is 0 Å². The van der Waals surface area contributed by atoms with Gasteiger partial charge in [-0.15, -0.1) is 0 Å². The predicted molar refractivity (Wildman–Crippen MR) is 36.8 cm³/mol. The lowest BCUT2D eigenvalue weighted by atomic mass is 10.3. The highest BCUT2D eigenvalue weighted by molar-refractivity contribution is 7.54. The molecule has 0 saturated heterocycles. The Bertz CT molecular complexity index is 193. The molecular weight excluding hydrogens is 173 g/mol. The molecule has 0 amide bonds. The summed E-state index contributed by atoms with van der Waals surface area (Å²) in [6.07, 6.45) is 0.000309. The van der Waals surface area contributed by atoms with Crippen molar-refractivity contribution in [3.63, 3.8) is 0 Å². The molecule has 0 bridgehead atoms. The predicted octanol–water partition coefficient (Wildman–Crippen LogP) is -0.0747. The van der Waals surface area contributed by atoms with Crippen LogP contribution in [-0.4, -0.2) is 21.6 Å². The first-order chi connectivity index (χ1) is 4.95. The minimum atomic E-state index is -4.16. The Hall–Kier alpha value is -0.420. The van der Waals surface area contributed by atoms with Gasteiger partial charge < -0.3 is 10.00 Å². The highest BCUT2D eigenvalue weighted by atomic mass is 31.2. The summed E-state index contributed by atoms with van der Waals surface area (Å²) in [5, 5.41) is 8.37. The zero-order valence-corrected chi connectivity index (χ0v) is 6.82. The number of hydrogen-bond donors (Lipinski definition) is 3. The number of hydrogen-bond acceptors (Lipinski definition) is 4. The minimum absolute atomic E-state index is 0.000309. The molecule has 0 aromatic carbocycles. The molecule has 0 heterocycles. The van der Waals surface area contributed by atoms with Crippen molar-refractivity contribution in [3.05, 3.63) is 0 Å². The van der Waals surface area contributed by atoms with Gasteiger partial charge in [-0.25, -0.2) is 10.5 Å². The summed E-state index contributed by atoms with van der Waals surface area (Å²) in [7, 11) is -4.16. The Morgan fingerprint density at radius 2 is 2.27 bits per heavy atom. The first-order valence-electron chi connectivity index (χ1n) is 2.89. The molecule has 4 N–H and O–H groups in total. The summed E-state index contributed by atoms with van der Waals surface area (Å²) in [4.78, 5) is 19.0. The highest BCUT2D eigenvalue weighted by Gasteiger charge is 2.36. The molecule has 0 spiro atoms. The molecule has 0 radical (unpaired) electrons. The van der Waals surface area contributed by atoms with Crippen LogP contribution < -0.4 is 5.90 Å². The van der Waals surface area contributed by atoms with E-state index in [0.717, 1.165) is 0 Å². The van der Waals surface area contributed by atoms with E-state index in [2.05, 4.69) is 10.5 Å². The fourth-order valence-corrected chi connectivity index (χ4v) is 1.51. The second-order valence-electron chi connectivity index (χ2n) is 1.93. The van der Waals surface area contributed by atoms with E-state index in [4.69, 9.17) is 10.00 Å². The van der Waals surface area contributed by atoms with E-state index in [-0.39, 0.29) is 6.42 Å². The van der Waals surface area contributed by atoms with E-state index in [0.29, 0.717) is 0 Å². The zero-order valence-electron chi connectivity index (χ0n) is 5.93. The molecule has 11 heavy (non-hydrogen) atoms. The molecule has 0 aliphatic heterocycles. The molecule has 0 saturated carbocycles. The summed E-state index contributed by atoms with van der Waals surface area (Å²) in [6, 6.07) is 0. The SMILES string of the molecule is CCC(C(=O)O)P(=O)(O)ON. The van der Waals surface area contributed by atoms with Gasteiger partial charge in [-0.2, -0.15) is 0 Å². The smallest absolute Gasteiger partial charge is 0.358 e. The number of carboxylic acid groups (broad SMARTS) is 1. The molecule has 0 aromatic heterocycles. The number of rotatable bonds is 4. The monoisotopic (exact) mass is 183 g/mol. The standard InChI is InChI=1S/C4H10NO5P/c1-2-3(4(6)7)11(8,9)10-5/h3H,2,5H2,1H3,(H,6,7)(H,8,9). The van der Waals surface area contributed by atoms with E-state index in [9.17, 15) is 9.36 Å². The van der Waals surface area contributed by atoms with Gasteiger partial charge in [0.15, 0.2) is 5.66 Å². The fraction of sp³-hybridized carbons (Fsp3) is 0.750. The van der Waals surface area contributed by atoms with E-state index in [1.165, 1.54) is 6.92 Å². The van der Waals surface area contributed by atoms with E-state index in [1.807, 2.05) is 0 Å². The minimum Gasteiger partial charge on any atom is -0.481 e. The molecule has 0 aliphatic rings. The van der Waals surface area contributed by atoms with Crippen molar-refractivity contribution in [2.24, 2.45) is 5.90 Å². The van der Waals surface area contributed by atoms with Crippen molar-refractivity contribution >= 4 is 13.6 Å². The van der Waals surface area contributed by atoms with Crippen molar-refractivity contribution in [1.82, 2.24) is 0 Å². The van der Waals surface area contributed by atoms with Crippen LogP contribution in [0.4, 0.5) is 0 Å². The van der Waals surface area contributed by atoms with E-state index < -0.39 is 19.2 Å². The summed E-state index contributed by atoms with van der Waals surface area (Å²) >= 11 is 0. The summed E-state index contributed by atoms with van der Waals surface area (Å²) in [6.45, 7) is 1.46. The number of nitrogens with two attached hydrogens (primary N) is 1. The Labute approximate surface area is 63.5 Å². The zero-order chi connectivity index (χ0) is 9.07. The molecule has 7 heteroatoms. The van der Waals surface area contributed by atoms with Crippen molar-refractivity contribution in [2.45, 2.75) is 19.0 Å². The average molecular weight is 183 g/mol. The molecule has 0 aliphatic carbocycles. The van der Waals surface area contributed by atoms with Crippen LogP contribution in [0.15, 0.2) is 0 Å². The van der Waals surface area contributed by atoms with Crippen LogP contribution in [0, 0.1) is 0 Å². The first kappa shape index (κ1) is 10.6. The Morgan fingerprint density at radius 3 is 2.36 bits per heavy atom. The quantitative estimate of drug-likeness (QED) is 0.415. The summed E-state index contributed by atoms with van der Waals surface area (Å²) in [5.41, 5.74) is -1.44. The van der Waals surface area contributed by atoms with Crippen LogP contribution in [-0.2, 0) is 14.0 Å². The number of carboxylic acids is 1. The molecule has 0 aromatic rings. The van der Waals surface area contributed by atoms with Gasteiger partial charge in [0.2, 0.25) is 0 Å². The molecule has 0 rings (SSSR count). The van der Waals surface area contributed by atoms with Crippen molar-refractivity contribution in [1.29, 1.82) is 0 Å². The van der Waals surface area contributed by atoms with Gasteiger partial charge in [-0.3, -0.25) is 9.36 Å². The van der Waals surface area contributed by atoms with Crippen LogP contribution in [0.5, 0.6) is 0 Å². The molecule has 2 atom stereocenters. The lowest BCUT2D eigenvalue weighted by Gasteiger charge is -2.13. The van der Waals surface area contributed by atoms with Gasteiger partial charge in [-0.1, -0.05) is 6.92 Å².